The molecule has 0 atom stereocenters. The zero-order chi connectivity index (χ0) is 25.9. The summed E-state index contributed by atoms with van der Waals surface area (Å²) in [5.41, 5.74) is 3.45. The number of carbonyl (C=O) groups excluding carboxylic acids is 1. The molecule has 1 heterocycles. The second-order valence-corrected chi connectivity index (χ2v) is 7.99. The van der Waals surface area contributed by atoms with Crippen molar-refractivity contribution >= 4 is 17.4 Å². The van der Waals surface area contributed by atoms with E-state index in [1.54, 1.807) is 60.7 Å². The molecular formula is C26H21F3N4O3. The van der Waals surface area contributed by atoms with Gasteiger partial charge in [0.25, 0.3) is 11.5 Å². The highest BCUT2D eigenvalue weighted by Gasteiger charge is 2.37. The molecule has 0 aliphatic carbocycles. The average molecular weight is 494 g/mol. The lowest BCUT2D eigenvalue weighted by molar-refractivity contribution is -0.137. The van der Waals surface area contributed by atoms with Crippen molar-refractivity contribution in [1.29, 1.82) is 0 Å². The number of anilines is 2. The molecule has 1 amide bonds. The summed E-state index contributed by atoms with van der Waals surface area (Å²) in [6, 6.07) is 21.5. The van der Waals surface area contributed by atoms with Crippen LogP contribution in [0.2, 0.25) is 0 Å². The molecule has 4 rings (SSSR count). The standard InChI is InChI=1S/C26H21F3N4O3/c27-26(28,29)20-14-8-7-13-19(20)24(35)32(15-17-9-3-1-4-10-17)21-22(30)33(25(36)31-23(21)34)16-18-11-5-2-6-12-18/h1-14H,15-16,30H2,(H,31,34,36). The van der Waals surface area contributed by atoms with Crippen molar-refractivity contribution in [3.8, 4) is 0 Å². The van der Waals surface area contributed by atoms with E-state index in [0.717, 1.165) is 21.6 Å². The van der Waals surface area contributed by atoms with E-state index in [1.807, 2.05) is 0 Å². The molecule has 7 nitrogen and oxygen atoms in total. The Balaban J connectivity index is 1.90. The third-order valence-electron chi connectivity index (χ3n) is 5.56. The molecule has 184 valence electrons. The van der Waals surface area contributed by atoms with Crippen molar-refractivity contribution in [3.05, 3.63) is 128 Å². The molecule has 0 aliphatic heterocycles. The Morgan fingerprint density at radius 3 is 2.03 bits per heavy atom. The number of rotatable bonds is 6. The molecule has 0 spiro atoms. The van der Waals surface area contributed by atoms with Crippen LogP contribution in [-0.4, -0.2) is 15.5 Å². The highest BCUT2D eigenvalue weighted by atomic mass is 19.4. The minimum Gasteiger partial charge on any atom is -0.383 e. The number of carbonyl (C=O) groups is 1. The number of nitrogens with two attached hydrogens (primary N) is 1. The van der Waals surface area contributed by atoms with Crippen molar-refractivity contribution in [2.24, 2.45) is 0 Å². The van der Waals surface area contributed by atoms with E-state index < -0.39 is 40.1 Å². The second kappa shape index (κ2) is 9.95. The van der Waals surface area contributed by atoms with E-state index in [1.165, 1.54) is 12.1 Å². The first-order chi connectivity index (χ1) is 17.2. The average Bonchev–Trinajstić information content (AvgIpc) is 2.86. The first-order valence-corrected chi connectivity index (χ1v) is 10.9. The maximum Gasteiger partial charge on any atom is 0.417 e. The fourth-order valence-electron chi connectivity index (χ4n) is 3.84. The fraction of sp³-hybridized carbons (Fsp3) is 0.115. The third-order valence-corrected chi connectivity index (χ3v) is 5.56. The van der Waals surface area contributed by atoms with Crippen molar-refractivity contribution in [3.63, 3.8) is 0 Å². The van der Waals surface area contributed by atoms with Gasteiger partial charge >= 0.3 is 11.9 Å². The van der Waals surface area contributed by atoms with Crippen LogP contribution in [0.15, 0.2) is 94.5 Å². The number of nitrogens with zero attached hydrogens (tertiary/aromatic N) is 2. The predicted molar refractivity (Wildman–Crippen MR) is 130 cm³/mol. The van der Waals surface area contributed by atoms with Crippen LogP contribution < -0.4 is 21.9 Å². The van der Waals surface area contributed by atoms with Gasteiger partial charge in [-0.1, -0.05) is 72.8 Å². The van der Waals surface area contributed by atoms with Crippen LogP contribution >= 0.6 is 0 Å². The number of amides is 1. The molecule has 0 saturated carbocycles. The zero-order valence-electron chi connectivity index (χ0n) is 18.8. The van der Waals surface area contributed by atoms with E-state index in [-0.39, 0.29) is 18.9 Å². The van der Waals surface area contributed by atoms with Gasteiger partial charge in [0, 0.05) is 0 Å². The molecule has 0 bridgehead atoms. The molecule has 0 saturated heterocycles. The van der Waals surface area contributed by atoms with Crippen LogP contribution in [0, 0.1) is 0 Å². The van der Waals surface area contributed by atoms with Gasteiger partial charge in [-0.25, -0.2) is 4.79 Å². The number of nitrogen functional groups attached to an aromatic ring is 1. The van der Waals surface area contributed by atoms with Crippen LogP contribution in [0.3, 0.4) is 0 Å². The van der Waals surface area contributed by atoms with Crippen molar-refractivity contribution < 1.29 is 18.0 Å². The number of aromatic nitrogens is 2. The van der Waals surface area contributed by atoms with E-state index in [4.69, 9.17) is 5.73 Å². The van der Waals surface area contributed by atoms with Crippen LogP contribution in [0.5, 0.6) is 0 Å². The molecule has 0 radical (unpaired) electrons. The number of aromatic amines is 1. The number of H-pyrrole nitrogens is 1. The molecule has 3 aromatic carbocycles. The lowest BCUT2D eigenvalue weighted by atomic mass is 10.0. The molecule has 0 aliphatic rings. The smallest absolute Gasteiger partial charge is 0.383 e. The SMILES string of the molecule is Nc1c(N(Cc2ccccc2)C(=O)c2ccccc2C(F)(F)F)c(=O)[nH]c(=O)n1Cc1ccccc1. The van der Waals surface area contributed by atoms with Crippen molar-refractivity contribution in [2.45, 2.75) is 19.3 Å². The fourth-order valence-corrected chi connectivity index (χ4v) is 3.84. The summed E-state index contributed by atoms with van der Waals surface area (Å²) < 4.78 is 42.2. The molecule has 1 aromatic heterocycles. The molecule has 0 unspecified atom stereocenters. The third kappa shape index (κ3) is 5.07. The monoisotopic (exact) mass is 494 g/mol. The van der Waals surface area contributed by atoms with Crippen molar-refractivity contribution in [1.82, 2.24) is 9.55 Å². The van der Waals surface area contributed by atoms with Crippen LogP contribution in [0.25, 0.3) is 0 Å². The number of hydrogen-bond acceptors (Lipinski definition) is 4. The molecule has 0 fully saturated rings. The summed E-state index contributed by atoms with van der Waals surface area (Å²) in [5.74, 6) is -1.43. The van der Waals surface area contributed by atoms with Crippen molar-refractivity contribution in [2.75, 3.05) is 10.6 Å². The van der Waals surface area contributed by atoms with Gasteiger partial charge in [-0.2, -0.15) is 13.2 Å². The van der Waals surface area contributed by atoms with Gasteiger partial charge in [-0.05, 0) is 23.3 Å². The summed E-state index contributed by atoms with van der Waals surface area (Å²) in [5, 5.41) is 0. The maximum atomic E-state index is 13.7. The zero-order valence-corrected chi connectivity index (χ0v) is 18.8. The normalized spacial score (nSPS) is 11.3. The number of halogens is 3. The van der Waals surface area contributed by atoms with Gasteiger partial charge in [0.15, 0.2) is 5.69 Å². The van der Waals surface area contributed by atoms with E-state index >= 15 is 0 Å². The lowest BCUT2D eigenvalue weighted by Crippen LogP contribution is -2.41. The van der Waals surface area contributed by atoms with Crippen LogP contribution in [-0.2, 0) is 19.3 Å². The molecule has 3 N–H and O–H groups in total. The highest BCUT2D eigenvalue weighted by Crippen LogP contribution is 2.33. The Bertz CT molecular complexity index is 1500. The number of alkyl halides is 3. The summed E-state index contributed by atoms with van der Waals surface area (Å²) in [6.07, 6.45) is -4.81. The maximum absolute atomic E-state index is 13.7. The lowest BCUT2D eigenvalue weighted by Gasteiger charge is -2.26. The summed E-state index contributed by atoms with van der Waals surface area (Å²) in [4.78, 5) is 42.2. The van der Waals surface area contributed by atoms with E-state index in [9.17, 15) is 27.6 Å². The predicted octanol–water partition coefficient (Wildman–Crippen LogP) is 4.03. The first-order valence-electron chi connectivity index (χ1n) is 10.9. The van der Waals surface area contributed by atoms with Gasteiger partial charge in [0.05, 0.1) is 24.2 Å². The summed E-state index contributed by atoms with van der Waals surface area (Å²) in [6.45, 7) is -0.287. The first kappa shape index (κ1) is 24.5. The molecule has 4 aromatic rings. The van der Waals surface area contributed by atoms with Crippen LogP contribution in [0.4, 0.5) is 24.7 Å². The topological polar surface area (TPSA) is 101 Å². The molecular weight excluding hydrogens is 473 g/mol. The Hall–Kier alpha value is -4.60. The summed E-state index contributed by atoms with van der Waals surface area (Å²) >= 11 is 0. The van der Waals surface area contributed by atoms with E-state index in [0.29, 0.717) is 11.1 Å². The number of benzene rings is 3. The number of hydrogen-bond donors (Lipinski definition) is 2. The second-order valence-electron chi connectivity index (χ2n) is 7.99. The Kier molecular flexibility index (Phi) is 6.77. The highest BCUT2D eigenvalue weighted by molar-refractivity contribution is 6.08. The van der Waals surface area contributed by atoms with Gasteiger partial charge < -0.3 is 5.73 Å². The van der Waals surface area contributed by atoms with E-state index in [2.05, 4.69) is 4.98 Å². The number of nitrogens with one attached hydrogen (secondary N) is 1. The largest absolute Gasteiger partial charge is 0.417 e. The van der Waals surface area contributed by atoms with Gasteiger partial charge in [-0.15, -0.1) is 0 Å². The van der Waals surface area contributed by atoms with Crippen LogP contribution in [0.1, 0.15) is 27.0 Å². The van der Waals surface area contributed by atoms with Gasteiger partial charge in [0.2, 0.25) is 0 Å². The minimum atomic E-state index is -4.81. The molecule has 36 heavy (non-hydrogen) atoms. The molecule has 10 heteroatoms. The Morgan fingerprint density at radius 1 is 0.861 bits per heavy atom. The summed E-state index contributed by atoms with van der Waals surface area (Å²) in [7, 11) is 0. The quantitative estimate of drug-likeness (QED) is 0.423. The minimum absolute atomic E-state index is 0.0260. The van der Waals surface area contributed by atoms with Gasteiger partial charge in [0.1, 0.15) is 5.82 Å². The Morgan fingerprint density at radius 2 is 1.42 bits per heavy atom. The van der Waals surface area contributed by atoms with Gasteiger partial charge in [-0.3, -0.25) is 24.0 Å². The Labute approximate surface area is 203 Å².